The van der Waals surface area contributed by atoms with Crippen molar-refractivity contribution in [3.8, 4) is 0 Å². The molecular weight excluding hydrogens is 470 g/mol. The molecular formula is C26H30F2N4O4. The number of nitrogens with zero attached hydrogens (tertiary/aromatic N) is 1. The number of esters is 1. The lowest BCUT2D eigenvalue weighted by Gasteiger charge is -2.35. The van der Waals surface area contributed by atoms with Crippen molar-refractivity contribution in [1.29, 1.82) is 0 Å². The van der Waals surface area contributed by atoms with Crippen molar-refractivity contribution in [3.63, 3.8) is 0 Å². The largest absolute Gasteiger partial charge is 0.462 e. The van der Waals surface area contributed by atoms with Gasteiger partial charge in [0.15, 0.2) is 11.6 Å². The van der Waals surface area contributed by atoms with Crippen molar-refractivity contribution >= 4 is 29.4 Å². The van der Waals surface area contributed by atoms with Gasteiger partial charge in [0.05, 0.1) is 18.2 Å². The standard InChI is InChI=1S/C26H30F2N4O4/c1-5-12-32-16(4)22(24(33)36-14-15(2)3)23(31-26(32)35)17-6-8-18(9-7-17)29-25(34)30-19-10-11-20(27)21(28)13-19/h6-11,13,15,23H,5,12,14H2,1-4H3,(H,31,35)(H2,29,30,34). The van der Waals surface area contributed by atoms with Crippen LogP contribution in [0.4, 0.5) is 29.7 Å². The molecule has 4 amide bonds. The van der Waals surface area contributed by atoms with Gasteiger partial charge in [0, 0.05) is 29.7 Å². The Morgan fingerprint density at radius 3 is 2.31 bits per heavy atom. The summed E-state index contributed by atoms with van der Waals surface area (Å²) < 4.78 is 31.9. The van der Waals surface area contributed by atoms with Crippen LogP contribution in [0, 0.1) is 17.6 Å². The predicted octanol–water partition coefficient (Wildman–Crippen LogP) is 5.56. The number of hydrogen-bond acceptors (Lipinski definition) is 4. The van der Waals surface area contributed by atoms with Crippen LogP contribution in [0.25, 0.3) is 0 Å². The van der Waals surface area contributed by atoms with E-state index in [9.17, 15) is 23.2 Å². The highest BCUT2D eigenvalue weighted by Crippen LogP contribution is 2.32. The van der Waals surface area contributed by atoms with E-state index in [2.05, 4.69) is 16.0 Å². The van der Waals surface area contributed by atoms with Crippen LogP contribution in [0.1, 0.15) is 45.7 Å². The molecule has 1 aliphatic rings. The number of ether oxygens (including phenoxy) is 1. The number of anilines is 2. The highest BCUT2D eigenvalue weighted by atomic mass is 19.2. The minimum Gasteiger partial charge on any atom is -0.462 e. The molecule has 0 saturated carbocycles. The average molecular weight is 501 g/mol. The summed E-state index contributed by atoms with van der Waals surface area (Å²) in [6.45, 7) is 8.25. The van der Waals surface area contributed by atoms with E-state index in [1.54, 1.807) is 31.2 Å². The quantitative estimate of drug-likeness (QED) is 0.413. The first-order valence-electron chi connectivity index (χ1n) is 11.7. The molecule has 2 aromatic carbocycles. The molecule has 1 aliphatic heterocycles. The topological polar surface area (TPSA) is 99.8 Å². The third-order valence-electron chi connectivity index (χ3n) is 5.49. The van der Waals surface area contributed by atoms with E-state index < -0.39 is 29.7 Å². The molecule has 0 radical (unpaired) electrons. The van der Waals surface area contributed by atoms with Crippen molar-refractivity contribution in [2.24, 2.45) is 5.92 Å². The van der Waals surface area contributed by atoms with Gasteiger partial charge in [0.2, 0.25) is 0 Å². The van der Waals surface area contributed by atoms with E-state index in [0.717, 1.165) is 18.6 Å². The second kappa shape index (κ2) is 11.7. The number of hydrogen-bond donors (Lipinski definition) is 3. The van der Waals surface area contributed by atoms with E-state index in [4.69, 9.17) is 4.74 Å². The Bertz CT molecular complexity index is 1170. The monoisotopic (exact) mass is 500 g/mol. The van der Waals surface area contributed by atoms with Gasteiger partial charge in [-0.2, -0.15) is 0 Å². The Hall–Kier alpha value is -3.95. The van der Waals surface area contributed by atoms with Crippen LogP contribution in [0.15, 0.2) is 53.7 Å². The van der Waals surface area contributed by atoms with Gasteiger partial charge in [-0.3, -0.25) is 4.90 Å². The Morgan fingerprint density at radius 2 is 1.69 bits per heavy atom. The fourth-order valence-corrected chi connectivity index (χ4v) is 3.73. The smallest absolute Gasteiger partial charge is 0.338 e. The molecule has 0 saturated heterocycles. The second-order valence-corrected chi connectivity index (χ2v) is 8.86. The number of carbonyl (C=O) groups is 3. The summed E-state index contributed by atoms with van der Waals surface area (Å²) in [5.74, 6) is -2.43. The van der Waals surface area contributed by atoms with Gasteiger partial charge in [0.25, 0.3) is 0 Å². The second-order valence-electron chi connectivity index (χ2n) is 8.86. The molecule has 1 atom stereocenters. The molecule has 0 aliphatic carbocycles. The molecule has 1 heterocycles. The van der Waals surface area contributed by atoms with E-state index in [1.165, 1.54) is 11.0 Å². The maximum Gasteiger partial charge on any atom is 0.338 e. The Labute approximate surface area is 208 Å². The van der Waals surface area contributed by atoms with Crippen LogP contribution < -0.4 is 16.0 Å². The molecule has 8 nitrogen and oxygen atoms in total. The first-order valence-corrected chi connectivity index (χ1v) is 11.7. The van der Waals surface area contributed by atoms with Crippen LogP contribution >= 0.6 is 0 Å². The van der Waals surface area contributed by atoms with Crippen LogP contribution in [-0.2, 0) is 9.53 Å². The summed E-state index contributed by atoms with van der Waals surface area (Å²) >= 11 is 0. The molecule has 3 rings (SSSR count). The summed E-state index contributed by atoms with van der Waals surface area (Å²) in [4.78, 5) is 39.5. The Morgan fingerprint density at radius 1 is 1.06 bits per heavy atom. The van der Waals surface area contributed by atoms with Crippen LogP contribution in [-0.4, -0.2) is 36.1 Å². The lowest BCUT2D eigenvalue weighted by atomic mass is 9.94. The SMILES string of the molecule is CCCN1C(=O)NC(c2ccc(NC(=O)Nc3ccc(F)c(F)c3)cc2)C(C(=O)OCC(C)C)=C1C. The molecule has 10 heteroatoms. The first kappa shape index (κ1) is 26.7. The molecule has 1 unspecified atom stereocenters. The van der Waals surface area contributed by atoms with Crippen molar-refractivity contribution in [3.05, 3.63) is 70.9 Å². The third-order valence-corrected chi connectivity index (χ3v) is 5.49. The summed E-state index contributed by atoms with van der Waals surface area (Å²) in [6, 6.07) is 7.91. The summed E-state index contributed by atoms with van der Waals surface area (Å²) in [5.41, 5.74) is 2.02. The number of nitrogens with one attached hydrogen (secondary N) is 3. The normalized spacial score (nSPS) is 15.6. The van der Waals surface area contributed by atoms with E-state index in [-0.39, 0.29) is 24.2 Å². The number of amides is 4. The highest BCUT2D eigenvalue weighted by Gasteiger charge is 2.36. The maximum atomic E-state index is 13.4. The molecule has 36 heavy (non-hydrogen) atoms. The van der Waals surface area contributed by atoms with Crippen molar-refractivity contribution in [1.82, 2.24) is 10.2 Å². The van der Waals surface area contributed by atoms with E-state index in [0.29, 0.717) is 29.1 Å². The van der Waals surface area contributed by atoms with Crippen molar-refractivity contribution in [2.75, 3.05) is 23.8 Å². The number of urea groups is 2. The van der Waals surface area contributed by atoms with Gasteiger partial charge >= 0.3 is 18.0 Å². The zero-order valence-electron chi connectivity index (χ0n) is 20.7. The maximum absolute atomic E-state index is 13.4. The Kier molecular flexibility index (Phi) is 8.63. The van der Waals surface area contributed by atoms with E-state index in [1.807, 2.05) is 20.8 Å². The molecule has 2 aromatic rings. The Balaban J connectivity index is 1.79. The summed E-state index contributed by atoms with van der Waals surface area (Å²) in [6.07, 6.45) is 0.719. The minimum absolute atomic E-state index is 0.0923. The van der Waals surface area contributed by atoms with Gasteiger partial charge in [-0.05, 0) is 49.1 Å². The molecule has 0 bridgehead atoms. The van der Waals surface area contributed by atoms with Gasteiger partial charge in [-0.1, -0.05) is 32.9 Å². The predicted molar refractivity (Wildman–Crippen MR) is 132 cm³/mol. The molecule has 3 N–H and O–H groups in total. The van der Waals surface area contributed by atoms with Gasteiger partial charge in [-0.15, -0.1) is 0 Å². The van der Waals surface area contributed by atoms with Gasteiger partial charge in [0.1, 0.15) is 0 Å². The number of carbonyl (C=O) groups excluding carboxylic acids is 3. The number of halogens is 2. The lowest BCUT2D eigenvalue weighted by molar-refractivity contribution is -0.140. The third kappa shape index (κ3) is 6.38. The van der Waals surface area contributed by atoms with E-state index >= 15 is 0 Å². The minimum atomic E-state index is -1.07. The molecule has 0 fully saturated rings. The first-order chi connectivity index (χ1) is 17.1. The van der Waals surface area contributed by atoms with Crippen molar-refractivity contribution < 1.29 is 27.9 Å². The number of benzene rings is 2. The fraction of sp³-hybridized carbons (Fsp3) is 0.346. The molecule has 192 valence electrons. The highest BCUT2D eigenvalue weighted by molar-refractivity contribution is 6.00. The zero-order chi connectivity index (χ0) is 26.4. The van der Waals surface area contributed by atoms with Gasteiger partial charge < -0.3 is 20.7 Å². The van der Waals surface area contributed by atoms with Crippen LogP contribution in [0.3, 0.4) is 0 Å². The van der Waals surface area contributed by atoms with Crippen molar-refractivity contribution in [2.45, 2.75) is 40.2 Å². The summed E-state index contributed by atoms with van der Waals surface area (Å²) in [5, 5.41) is 7.90. The number of allylic oxidation sites excluding steroid dienone is 1. The van der Waals surface area contributed by atoms with Gasteiger partial charge in [-0.25, -0.2) is 23.2 Å². The number of rotatable bonds is 8. The molecule has 0 aromatic heterocycles. The summed E-state index contributed by atoms with van der Waals surface area (Å²) in [7, 11) is 0. The van der Waals surface area contributed by atoms with Crippen LogP contribution in [0.5, 0.6) is 0 Å². The van der Waals surface area contributed by atoms with Crippen LogP contribution in [0.2, 0.25) is 0 Å². The fourth-order valence-electron chi connectivity index (χ4n) is 3.73. The molecule has 0 spiro atoms. The average Bonchev–Trinajstić information content (AvgIpc) is 2.82. The lowest BCUT2D eigenvalue weighted by Crippen LogP contribution is -2.48. The zero-order valence-corrected chi connectivity index (χ0v) is 20.7.